The number of anilines is 2. The summed E-state index contributed by atoms with van der Waals surface area (Å²) in [7, 11) is 0. The van der Waals surface area contributed by atoms with Crippen molar-refractivity contribution in [1.29, 1.82) is 0 Å². The molecule has 0 saturated carbocycles. The van der Waals surface area contributed by atoms with E-state index < -0.39 is 17.3 Å². The molecule has 1 saturated heterocycles. The van der Waals surface area contributed by atoms with Gasteiger partial charge in [-0.25, -0.2) is 0 Å². The third-order valence-electron chi connectivity index (χ3n) is 7.66. The average molecular weight is 588 g/mol. The van der Waals surface area contributed by atoms with Gasteiger partial charge in [-0.15, -0.1) is 0 Å². The molecule has 6 rings (SSSR count). The van der Waals surface area contributed by atoms with Crippen molar-refractivity contribution < 1.29 is 13.2 Å². The minimum Gasteiger partial charge on any atom is -0.351 e. The molecule has 43 heavy (non-hydrogen) atoms. The van der Waals surface area contributed by atoms with Crippen LogP contribution in [-0.2, 0) is 25.8 Å². The van der Waals surface area contributed by atoms with E-state index in [4.69, 9.17) is 15.7 Å². The largest absolute Gasteiger partial charge is 0.416 e. The monoisotopic (exact) mass is 587 g/mol. The van der Waals surface area contributed by atoms with Crippen molar-refractivity contribution in [3.05, 3.63) is 118 Å². The van der Waals surface area contributed by atoms with Gasteiger partial charge in [-0.1, -0.05) is 72.8 Å². The predicted octanol–water partition coefficient (Wildman–Crippen LogP) is 5.25. The van der Waals surface area contributed by atoms with Crippen LogP contribution in [0.4, 0.5) is 25.1 Å². The Morgan fingerprint density at radius 2 is 1.53 bits per heavy atom. The van der Waals surface area contributed by atoms with Crippen molar-refractivity contribution in [1.82, 2.24) is 19.1 Å². The second-order valence-electron chi connectivity index (χ2n) is 10.9. The third kappa shape index (κ3) is 6.26. The number of nitrogens with one attached hydrogen (secondary N) is 1. The molecule has 0 bridgehead atoms. The van der Waals surface area contributed by atoms with Crippen LogP contribution in [0.2, 0.25) is 0 Å². The summed E-state index contributed by atoms with van der Waals surface area (Å²) in [6.45, 7) is 1.96. The molecule has 2 aromatic heterocycles. The number of nitrogens with zero attached hydrogens (tertiary/aromatic N) is 5. The Morgan fingerprint density at radius 3 is 2.23 bits per heavy atom. The van der Waals surface area contributed by atoms with Gasteiger partial charge in [0.1, 0.15) is 0 Å². The minimum atomic E-state index is -4.50. The van der Waals surface area contributed by atoms with Crippen LogP contribution in [0, 0.1) is 0 Å². The van der Waals surface area contributed by atoms with Crippen molar-refractivity contribution in [2.75, 3.05) is 23.3 Å². The number of nitrogens with two attached hydrogens (primary N) is 1. The fraction of sp³-hybridized carbons (Fsp3) is 0.281. The van der Waals surface area contributed by atoms with E-state index in [9.17, 15) is 18.0 Å². The van der Waals surface area contributed by atoms with Crippen LogP contribution >= 0.6 is 0 Å². The Balaban J connectivity index is 1.50. The van der Waals surface area contributed by atoms with Gasteiger partial charge in [-0.2, -0.15) is 23.1 Å². The number of imidazole rings is 1. The molecule has 0 amide bonds. The van der Waals surface area contributed by atoms with E-state index in [1.54, 1.807) is 6.07 Å². The van der Waals surface area contributed by atoms with Crippen LogP contribution in [0.3, 0.4) is 0 Å². The Labute approximate surface area is 246 Å². The molecule has 1 aliphatic heterocycles. The molecule has 0 spiro atoms. The van der Waals surface area contributed by atoms with Crippen molar-refractivity contribution >= 4 is 23.1 Å². The molecule has 1 fully saturated rings. The van der Waals surface area contributed by atoms with Gasteiger partial charge in [0.25, 0.3) is 5.56 Å². The summed E-state index contributed by atoms with van der Waals surface area (Å²) < 4.78 is 43.9. The zero-order chi connectivity index (χ0) is 30.0. The minimum absolute atomic E-state index is 0.0210. The van der Waals surface area contributed by atoms with Gasteiger partial charge in [0.2, 0.25) is 11.9 Å². The summed E-state index contributed by atoms with van der Waals surface area (Å²) in [6, 6.07) is 24.3. The van der Waals surface area contributed by atoms with Gasteiger partial charge in [0.05, 0.1) is 18.7 Å². The molecule has 1 aliphatic rings. The van der Waals surface area contributed by atoms with Crippen LogP contribution in [0.5, 0.6) is 0 Å². The van der Waals surface area contributed by atoms with Gasteiger partial charge in [0, 0.05) is 25.7 Å². The molecule has 222 valence electrons. The lowest BCUT2D eigenvalue weighted by molar-refractivity contribution is -0.137. The van der Waals surface area contributed by atoms with Crippen molar-refractivity contribution in [3.63, 3.8) is 0 Å². The first-order valence-corrected chi connectivity index (χ1v) is 14.3. The van der Waals surface area contributed by atoms with Crippen LogP contribution in [0.15, 0.2) is 89.7 Å². The Hall–Kier alpha value is -4.64. The smallest absolute Gasteiger partial charge is 0.351 e. The highest BCUT2D eigenvalue weighted by molar-refractivity contribution is 5.76. The summed E-state index contributed by atoms with van der Waals surface area (Å²) in [5.74, 6) is 0.828. The molecule has 5 aromatic rings. The molecule has 3 N–H and O–H groups in total. The molecule has 11 heteroatoms. The SMILES string of the molecule is NC1CCCN(c2nc3nc(NCc4ccccc4)n(Cc4cccc(C(F)(F)F)c4)c(=O)c3n2Cc2ccccc2)C1. The van der Waals surface area contributed by atoms with Gasteiger partial charge < -0.3 is 16.0 Å². The topological polar surface area (TPSA) is 94.0 Å². The maximum atomic E-state index is 14.4. The average Bonchev–Trinajstić information content (AvgIpc) is 3.36. The lowest BCUT2D eigenvalue weighted by Crippen LogP contribution is -2.44. The summed E-state index contributed by atoms with van der Waals surface area (Å²) in [5, 5.41) is 3.24. The van der Waals surface area contributed by atoms with Crippen LogP contribution < -0.4 is 21.5 Å². The van der Waals surface area contributed by atoms with Crippen molar-refractivity contribution in [2.24, 2.45) is 5.73 Å². The van der Waals surface area contributed by atoms with Crippen LogP contribution in [-0.4, -0.2) is 38.2 Å². The van der Waals surface area contributed by atoms with E-state index in [1.807, 2.05) is 65.2 Å². The highest BCUT2D eigenvalue weighted by atomic mass is 19.4. The summed E-state index contributed by atoms with van der Waals surface area (Å²) in [4.78, 5) is 26.1. The second kappa shape index (κ2) is 11.9. The van der Waals surface area contributed by atoms with Crippen molar-refractivity contribution in [2.45, 2.75) is 44.7 Å². The number of hydrogen-bond acceptors (Lipinski definition) is 6. The number of halogens is 3. The Kier molecular flexibility index (Phi) is 7.90. The molecule has 0 aliphatic carbocycles. The summed E-state index contributed by atoms with van der Waals surface area (Å²) >= 11 is 0. The lowest BCUT2D eigenvalue weighted by Gasteiger charge is -2.31. The zero-order valence-corrected chi connectivity index (χ0v) is 23.5. The predicted molar refractivity (Wildman–Crippen MR) is 161 cm³/mol. The Morgan fingerprint density at radius 1 is 0.860 bits per heavy atom. The maximum Gasteiger partial charge on any atom is 0.416 e. The normalized spacial score (nSPS) is 15.6. The van der Waals surface area contributed by atoms with E-state index in [-0.39, 0.29) is 29.7 Å². The molecular formula is C32H32F3N7O. The first-order chi connectivity index (χ1) is 20.8. The highest BCUT2D eigenvalue weighted by Crippen LogP contribution is 2.30. The van der Waals surface area contributed by atoms with Crippen LogP contribution in [0.25, 0.3) is 11.2 Å². The van der Waals surface area contributed by atoms with Crippen molar-refractivity contribution in [3.8, 4) is 0 Å². The summed E-state index contributed by atoms with van der Waals surface area (Å²) in [5.41, 5.74) is 7.96. The molecule has 1 unspecified atom stereocenters. The standard InChI is InChI=1S/C32H32F3N7O/c33-32(34,35)25-14-7-13-24(17-25)20-42-29(43)27-28(38-30(42)37-18-22-9-3-1-4-10-22)39-31(40-16-8-15-26(36)21-40)41(27)19-23-11-5-2-6-12-23/h1-7,9-14,17,26H,8,15-16,18-21,36H2,(H,37,38). The van der Waals surface area contributed by atoms with E-state index in [0.717, 1.165) is 42.6 Å². The molecular weight excluding hydrogens is 555 g/mol. The first kappa shape index (κ1) is 28.5. The fourth-order valence-electron chi connectivity index (χ4n) is 5.54. The molecule has 3 heterocycles. The highest BCUT2D eigenvalue weighted by Gasteiger charge is 2.31. The van der Waals surface area contributed by atoms with Gasteiger partial charge >= 0.3 is 6.18 Å². The van der Waals surface area contributed by atoms with Gasteiger partial charge in [-0.3, -0.25) is 13.9 Å². The number of rotatable bonds is 8. The van der Waals surface area contributed by atoms with E-state index in [2.05, 4.69) is 10.2 Å². The van der Waals surface area contributed by atoms with Crippen LogP contribution in [0.1, 0.15) is 35.1 Å². The van der Waals surface area contributed by atoms with Gasteiger partial charge in [-0.05, 0) is 41.7 Å². The van der Waals surface area contributed by atoms with Gasteiger partial charge in [0.15, 0.2) is 11.2 Å². The molecule has 3 aromatic carbocycles. The molecule has 8 nitrogen and oxygen atoms in total. The maximum absolute atomic E-state index is 14.4. The number of alkyl halides is 3. The second-order valence-corrected chi connectivity index (χ2v) is 10.9. The number of aromatic nitrogens is 4. The fourth-order valence-corrected chi connectivity index (χ4v) is 5.54. The quantitative estimate of drug-likeness (QED) is 0.258. The zero-order valence-electron chi connectivity index (χ0n) is 23.5. The third-order valence-corrected chi connectivity index (χ3v) is 7.66. The number of piperidine rings is 1. The molecule has 1 atom stereocenters. The molecule has 0 radical (unpaired) electrons. The van der Waals surface area contributed by atoms with E-state index in [1.165, 1.54) is 10.6 Å². The van der Waals surface area contributed by atoms with E-state index >= 15 is 0 Å². The summed E-state index contributed by atoms with van der Waals surface area (Å²) in [6.07, 6.45) is -2.70. The number of hydrogen-bond donors (Lipinski definition) is 2. The first-order valence-electron chi connectivity index (χ1n) is 14.3. The Bertz CT molecular complexity index is 1770. The number of benzene rings is 3. The lowest BCUT2D eigenvalue weighted by atomic mass is 10.1. The number of fused-ring (bicyclic) bond motifs is 1. The van der Waals surface area contributed by atoms with E-state index in [0.29, 0.717) is 31.1 Å².